The lowest BCUT2D eigenvalue weighted by atomic mass is 9.78. The Hall–Kier alpha value is -1.25. The monoisotopic (exact) mass is 376 g/mol. The van der Waals surface area contributed by atoms with Gasteiger partial charge in [0.15, 0.2) is 0 Å². The fourth-order valence-electron chi connectivity index (χ4n) is 2.68. The first-order valence-electron chi connectivity index (χ1n) is 7.87. The van der Waals surface area contributed by atoms with Gasteiger partial charge in [-0.25, -0.2) is 0 Å². The summed E-state index contributed by atoms with van der Waals surface area (Å²) < 4.78 is 83.4. The third-order valence-corrected chi connectivity index (χ3v) is 4.36. The quantitative estimate of drug-likeness (QED) is 0.435. The molecule has 0 amide bonds. The molecule has 0 saturated heterocycles. The van der Waals surface area contributed by atoms with Gasteiger partial charge in [0.1, 0.15) is 6.10 Å². The Kier molecular flexibility index (Phi) is 6.25. The smallest absolute Gasteiger partial charge is 0.430 e. The molecule has 0 saturated carbocycles. The van der Waals surface area contributed by atoms with E-state index < -0.39 is 47.8 Å². The van der Waals surface area contributed by atoms with Crippen molar-refractivity contribution in [1.82, 2.24) is 0 Å². The van der Waals surface area contributed by atoms with Crippen LogP contribution in [0.3, 0.4) is 0 Å². The number of allylic oxidation sites excluding steroid dienone is 2. The minimum Gasteiger partial charge on any atom is -0.458 e. The van der Waals surface area contributed by atoms with E-state index in [-0.39, 0.29) is 12.8 Å². The average Bonchev–Trinajstić information content (AvgIpc) is 2.43. The predicted octanol–water partition coefficient (Wildman–Crippen LogP) is 4.55. The van der Waals surface area contributed by atoms with Crippen LogP contribution in [0.2, 0.25) is 0 Å². The molecule has 0 aromatic heterocycles. The number of hydrogen-bond donors (Lipinski definition) is 1. The molecule has 1 N–H and O–H groups in total. The molecule has 0 fully saturated rings. The summed E-state index contributed by atoms with van der Waals surface area (Å²) in [6.45, 7) is 4.17. The lowest BCUT2D eigenvalue weighted by molar-refractivity contribution is -0.392. The molecular weight excluding hydrogens is 354 g/mol. The lowest BCUT2D eigenvalue weighted by Gasteiger charge is -2.40. The number of hydrogen-bond acceptors (Lipinski definition) is 3. The van der Waals surface area contributed by atoms with E-state index in [1.165, 1.54) is 20.8 Å². The van der Waals surface area contributed by atoms with Gasteiger partial charge in [-0.3, -0.25) is 4.79 Å². The summed E-state index contributed by atoms with van der Waals surface area (Å²) in [6.07, 6.45) is -11.4. The van der Waals surface area contributed by atoms with Gasteiger partial charge < -0.3 is 9.84 Å². The highest BCUT2D eigenvalue weighted by Gasteiger charge is 2.75. The van der Waals surface area contributed by atoms with Crippen LogP contribution in [0.25, 0.3) is 0 Å². The normalized spacial score (nSPS) is 23.6. The molecule has 0 heterocycles. The number of halogens is 6. The van der Waals surface area contributed by atoms with E-state index >= 15 is 0 Å². The van der Waals surface area contributed by atoms with E-state index in [2.05, 4.69) is 4.74 Å². The number of carbonyl (C=O) groups excluding carboxylic acids is 1. The Labute approximate surface area is 142 Å². The van der Waals surface area contributed by atoms with Gasteiger partial charge in [-0.15, -0.1) is 0 Å². The topological polar surface area (TPSA) is 46.5 Å². The van der Waals surface area contributed by atoms with Crippen LogP contribution in [0.15, 0.2) is 12.2 Å². The molecule has 2 unspecified atom stereocenters. The fourth-order valence-corrected chi connectivity index (χ4v) is 2.68. The molecule has 1 aliphatic carbocycles. The maximum absolute atomic E-state index is 13.1. The Balaban J connectivity index is 3.23. The second kappa shape index (κ2) is 7.17. The van der Waals surface area contributed by atoms with Crippen molar-refractivity contribution in [2.45, 2.75) is 70.5 Å². The maximum Gasteiger partial charge on any atom is 0.430 e. The molecule has 1 rings (SSSR count). The van der Waals surface area contributed by atoms with Crippen molar-refractivity contribution in [3.05, 3.63) is 12.2 Å². The van der Waals surface area contributed by atoms with Crippen molar-refractivity contribution >= 4 is 5.97 Å². The highest BCUT2D eigenvalue weighted by Crippen LogP contribution is 2.48. The fraction of sp³-hybridized carbons (Fsp3) is 0.812. The van der Waals surface area contributed by atoms with Crippen molar-refractivity contribution in [2.24, 2.45) is 11.3 Å². The summed E-state index contributed by atoms with van der Waals surface area (Å²) in [4.78, 5) is 12.3. The minimum atomic E-state index is -6.04. The zero-order valence-corrected chi connectivity index (χ0v) is 14.2. The van der Waals surface area contributed by atoms with E-state index in [1.807, 2.05) is 0 Å². The summed E-state index contributed by atoms with van der Waals surface area (Å²) in [7, 11) is 0. The van der Waals surface area contributed by atoms with Crippen LogP contribution in [0.4, 0.5) is 26.3 Å². The minimum absolute atomic E-state index is 0.150. The summed E-state index contributed by atoms with van der Waals surface area (Å²) >= 11 is 0. The molecule has 2 atom stereocenters. The Morgan fingerprint density at radius 1 is 1.16 bits per heavy atom. The van der Waals surface area contributed by atoms with Gasteiger partial charge in [-0.1, -0.05) is 26.0 Å². The molecule has 0 aromatic rings. The van der Waals surface area contributed by atoms with Gasteiger partial charge in [0.2, 0.25) is 0 Å². The largest absolute Gasteiger partial charge is 0.458 e. The zero-order valence-electron chi connectivity index (χ0n) is 14.2. The number of rotatable bonds is 5. The third kappa shape index (κ3) is 4.48. The molecule has 0 aromatic carbocycles. The van der Waals surface area contributed by atoms with E-state index in [0.29, 0.717) is 6.42 Å². The number of esters is 1. The van der Waals surface area contributed by atoms with Gasteiger partial charge >= 0.3 is 18.3 Å². The average molecular weight is 376 g/mol. The van der Waals surface area contributed by atoms with Crippen molar-refractivity contribution in [3.63, 3.8) is 0 Å². The number of alkyl halides is 6. The summed E-state index contributed by atoms with van der Waals surface area (Å²) in [5.41, 5.74) is -6.34. The number of aliphatic hydroxyl groups is 1. The predicted molar refractivity (Wildman–Crippen MR) is 77.5 cm³/mol. The van der Waals surface area contributed by atoms with E-state index in [4.69, 9.17) is 0 Å². The Morgan fingerprint density at radius 3 is 2.04 bits per heavy atom. The van der Waals surface area contributed by atoms with Crippen LogP contribution in [-0.4, -0.2) is 35.1 Å². The summed E-state index contributed by atoms with van der Waals surface area (Å²) in [5.74, 6) is -1.84. The van der Waals surface area contributed by atoms with Crippen molar-refractivity contribution in [2.75, 3.05) is 0 Å². The number of carbonyl (C=O) groups is 1. The van der Waals surface area contributed by atoms with E-state index in [0.717, 1.165) is 0 Å². The maximum atomic E-state index is 13.1. The van der Waals surface area contributed by atoms with Gasteiger partial charge in [0.25, 0.3) is 5.60 Å². The van der Waals surface area contributed by atoms with Crippen LogP contribution >= 0.6 is 0 Å². The molecule has 0 bridgehead atoms. The van der Waals surface area contributed by atoms with Crippen LogP contribution in [0.1, 0.15) is 46.5 Å². The third-order valence-electron chi connectivity index (χ3n) is 4.36. The Morgan fingerprint density at radius 2 is 1.68 bits per heavy atom. The first-order chi connectivity index (χ1) is 11.1. The van der Waals surface area contributed by atoms with Crippen LogP contribution in [-0.2, 0) is 9.53 Å². The van der Waals surface area contributed by atoms with Crippen LogP contribution in [0, 0.1) is 11.3 Å². The molecular formula is C16H22F6O3. The van der Waals surface area contributed by atoms with E-state index in [9.17, 15) is 36.2 Å². The lowest BCUT2D eigenvalue weighted by Crippen LogP contribution is -2.65. The SMILES string of the molecule is CC(C)CC(OC(=O)C1(C)CC=CCC1)C(O)(C(F)(F)F)C(F)(F)F. The Bertz CT molecular complexity index is 495. The standard InChI is InChI=1S/C16H22F6O3/c1-10(2)9-11(14(24,15(17,18)19)16(20,21)22)25-12(23)13(3)7-5-4-6-8-13/h4-5,10-11,24H,6-9H2,1-3H3. The van der Waals surface area contributed by atoms with Crippen LogP contribution < -0.4 is 0 Å². The zero-order chi connectivity index (χ0) is 19.7. The molecule has 0 aliphatic heterocycles. The van der Waals surface area contributed by atoms with Gasteiger partial charge in [0.05, 0.1) is 5.41 Å². The molecule has 0 radical (unpaired) electrons. The van der Waals surface area contributed by atoms with Gasteiger partial charge in [0, 0.05) is 0 Å². The first kappa shape index (κ1) is 21.8. The van der Waals surface area contributed by atoms with Crippen LogP contribution in [0.5, 0.6) is 0 Å². The molecule has 146 valence electrons. The molecule has 0 spiro atoms. The van der Waals surface area contributed by atoms with Gasteiger partial charge in [-0.05, 0) is 38.5 Å². The molecule has 25 heavy (non-hydrogen) atoms. The second-order valence-electron chi connectivity index (χ2n) is 7.06. The van der Waals surface area contributed by atoms with E-state index in [1.54, 1.807) is 12.2 Å². The first-order valence-corrected chi connectivity index (χ1v) is 7.87. The summed E-state index contributed by atoms with van der Waals surface area (Å²) in [6, 6.07) is 0. The molecule has 3 nitrogen and oxygen atoms in total. The van der Waals surface area contributed by atoms with Crippen molar-refractivity contribution in [1.29, 1.82) is 0 Å². The van der Waals surface area contributed by atoms with Gasteiger partial charge in [-0.2, -0.15) is 26.3 Å². The molecule has 9 heteroatoms. The number of ether oxygens (including phenoxy) is 1. The highest BCUT2D eigenvalue weighted by atomic mass is 19.4. The highest BCUT2D eigenvalue weighted by molar-refractivity contribution is 5.77. The van der Waals surface area contributed by atoms with Crippen molar-refractivity contribution < 1.29 is 41.0 Å². The second-order valence-corrected chi connectivity index (χ2v) is 7.06. The van der Waals surface area contributed by atoms with Crippen molar-refractivity contribution in [3.8, 4) is 0 Å². The molecule has 1 aliphatic rings. The summed E-state index contributed by atoms with van der Waals surface area (Å²) in [5, 5.41) is 9.58.